The summed E-state index contributed by atoms with van der Waals surface area (Å²) in [5, 5.41) is 15.1. The largest absolute Gasteiger partial charge is 0.378 e. The van der Waals surface area contributed by atoms with E-state index in [2.05, 4.69) is 53.8 Å². The average Bonchev–Trinajstić information content (AvgIpc) is 3.45. The van der Waals surface area contributed by atoms with Crippen LogP contribution in [0.2, 0.25) is 25.7 Å². The molecule has 4 aromatic rings. The second-order valence-electron chi connectivity index (χ2n) is 10.4. The van der Waals surface area contributed by atoms with Crippen LogP contribution in [0.15, 0.2) is 30.6 Å². The highest BCUT2D eigenvalue weighted by molar-refractivity contribution is 7.15. The van der Waals surface area contributed by atoms with Crippen LogP contribution >= 0.6 is 11.3 Å². The van der Waals surface area contributed by atoms with Gasteiger partial charge in [-0.15, -0.1) is 10.2 Å². The van der Waals surface area contributed by atoms with Gasteiger partial charge in [-0.25, -0.2) is 4.98 Å². The van der Waals surface area contributed by atoms with Gasteiger partial charge in [-0.2, -0.15) is 5.10 Å². The first-order valence-electron chi connectivity index (χ1n) is 12.1. The summed E-state index contributed by atoms with van der Waals surface area (Å²) in [6.07, 6.45) is 3.84. The molecule has 4 heterocycles. The Kier molecular flexibility index (Phi) is 8.13. The maximum absolute atomic E-state index is 6.12. The molecule has 11 heteroatoms. The summed E-state index contributed by atoms with van der Waals surface area (Å²) >= 11 is 1.57. The maximum atomic E-state index is 6.12. The summed E-state index contributed by atoms with van der Waals surface area (Å²) < 4.78 is 13.2. The Morgan fingerprint density at radius 3 is 2.64 bits per heavy atom. The molecule has 0 atom stereocenters. The lowest BCUT2D eigenvalue weighted by Gasteiger charge is -2.22. The van der Waals surface area contributed by atoms with Crippen LogP contribution in [0.25, 0.3) is 22.2 Å². The molecule has 9 nitrogen and oxygen atoms in total. The van der Waals surface area contributed by atoms with E-state index >= 15 is 0 Å². The van der Waals surface area contributed by atoms with Crippen molar-refractivity contribution in [1.82, 2.24) is 29.9 Å². The van der Waals surface area contributed by atoms with Crippen LogP contribution in [-0.4, -0.2) is 58.5 Å². The average molecular weight is 526 g/mol. The molecule has 0 radical (unpaired) electrons. The number of anilines is 2. The molecular formula is C25H35N7O2SSi. The third-order valence-electron chi connectivity index (χ3n) is 5.67. The first kappa shape index (κ1) is 26.3. The molecule has 0 amide bonds. The number of pyridine rings is 2. The van der Waals surface area contributed by atoms with Crippen molar-refractivity contribution in [3.05, 3.63) is 41.3 Å². The van der Waals surface area contributed by atoms with Gasteiger partial charge < -0.3 is 9.47 Å². The smallest absolute Gasteiger partial charge is 0.215 e. The monoisotopic (exact) mass is 525 g/mol. The van der Waals surface area contributed by atoms with Crippen LogP contribution in [0.3, 0.4) is 0 Å². The lowest BCUT2D eigenvalue weighted by Crippen LogP contribution is -2.26. The van der Waals surface area contributed by atoms with E-state index in [1.165, 1.54) is 0 Å². The number of methoxy groups -OCH3 is 1. The van der Waals surface area contributed by atoms with Gasteiger partial charge >= 0.3 is 0 Å². The summed E-state index contributed by atoms with van der Waals surface area (Å²) in [6.45, 7) is 12.8. The molecule has 0 fully saturated rings. The zero-order valence-electron chi connectivity index (χ0n) is 22.1. The Labute approximate surface area is 217 Å². The molecule has 0 aliphatic heterocycles. The fourth-order valence-corrected chi connectivity index (χ4v) is 5.23. The summed E-state index contributed by atoms with van der Waals surface area (Å²) in [5.41, 5.74) is 4.41. The second-order valence-corrected chi connectivity index (χ2v) is 17.0. The molecular weight excluding hydrogens is 490 g/mol. The number of ether oxygens (including phenoxy) is 2. The minimum absolute atomic E-state index is 0.308. The van der Waals surface area contributed by atoms with E-state index in [1.54, 1.807) is 23.1 Å². The van der Waals surface area contributed by atoms with Crippen LogP contribution in [0, 0.1) is 0 Å². The molecule has 4 aromatic heterocycles. The molecule has 0 saturated heterocycles. The van der Waals surface area contributed by atoms with E-state index in [-0.39, 0.29) is 0 Å². The fraction of sp³-hybridized carbons (Fsp3) is 0.480. The summed E-state index contributed by atoms with van der Waals surface area (Å²) in [4.78, 5) is 11.6. The highest BCUT2D eigenvalue weighted by Crippen LogP contribution is 2.32. The lowest BCUT2D eigenvalue weighted by molar-refractivity contribution is 0.153. The molecule has 4 rings (SSSR count). The van der Waals surface area contributed by atoms with E-state index in [0.29, 0.717) is 25.9 Å². The number of aryl methyl sites for hydroxylation is 1. The van der Waals surface area contributed by atoms with Gasteiger partial charge in [-0.1, -0.05) is 44.8 Å². The minimum atomic E-state index is -1.19. The van der Waals surface area contributed by atoms with Crippen molar-refractivity contribution in [3.8, 4) is 11.1 Å². The molecule has 192 valence electrons. The second kappa shape index (κ2) is 11.1. The third kappa shape index (κ3) is 6.33. The summed E-state index contributed by atoms with van der Waals surface area (Å²) in [7, 11) is 2.38. The molecule has 36 heavy (non-hydrogen) atoms. The normalized spacial score (nSPS) is 12.1. The molecule has 0 saturated carbocycles. The summed E-state index contributed by atoms with van der Waals surface area (Å²) in [5.74, 6) is 1.06. The number of fused-ring (bicyclic) bond motifs is 1. The molecule has 0 aromatic carbocycles. The molecule has 0 N–H and O–H groups in total. The first-order chi connectivity index (χ1) is 17.1. The number of nitrogens with zero attached hydrogens (tertiary/aromatic N) is 7. The van der Waals surface area contributed by atoms with Crippen molar-refractivity contribution >= 4 is 41.4 Å². The van der Waals surface area contributed by atoms with Crippen LogP contribution in [0.5, 0.6) is 0 Å². The Hall–Kier alpha value is -2.73. The number of hydrogen-bond donors (Lipinski definition) is 0. The maximum Gasteiger partial charge on any atom is 0.215 e. The van der Waals surface area contributed by atoms with Crippen LogP contribution in [-0.2, 0) is 23.1 Å². The van der Waals surface area contributed by atoms with E-state index in [9.17, 15) is 0 Å². The summed E-state index contributed by atoms with van der Waals surface area (Å²) in [6, 6.07) is 7.10. The Morgan fingerprint density at radius 2 is 1.94 bits per heavy atom. The fourth-order valence-electron chi connectivity index (χ4n) is 3.63. The van der Waals surface area contributed by atoms with Crippen molar-refractivity contribution in [2.75, 3.05) is 25.3 Å². The van der Waals surface area contributed by atoms with Gasteiger partial charge in [0.25, 0.3) is 0 Å². The zero-order valence-corrected chi connectivity index (χ0v) is 24.0. The van der Waals surface area contributed by atoms with Gasteiger partial charge in [0, 0.05) is 58.3 Å². The number of rotatable bonds is 11. The van der Waals surface area contributed by atoms with Crippen molar-refractivity contribution in [3.63, 3.8) is 0 Å². The van der Waals surface area contributed by atoms with Crippen molar-refractivity contribution in [1.29, 1.82) is 0 Å². The van der Waals surface area contributed by atoms with Crippen LogP contribution in [0.1, 0.15) is 30.5 Å². The molecule has 0 aliphatic rings. The SMILES string of the molecule is COCc1nn(C)cc1-c1cnc2ccc(N(COCC[Si](C)(C)C)c3nnc(C(C)C)s3)nc2c1. The molecule has 0 spiro atoms. The Balaban J connectivity index is 1.68. The quantitative estimate of drug-likeness (QED) is 0.142. The van der Waals surface area contributed by atoms with Crippen molar-refractivity contribution in [2.24, 2.45) is 7.05 Å². The standard InChI is InChI=1S/C25H35N7O2SSi/c1-17(2)24-28-29-25(35-24)32(16-34-10-11-36(5,6)7)23-9-8-20-21(27-23)12-18(13-26-20)19-14-31(3)30-22(19)15-33-4/h8-9,12-14,17H,10-11,15-16H2,1-7H3. The first-order valence-corrected chi connectivity index (χ1v) is 16.6. The van der Waals surface area contributed by atoms with E-state index in [1.807, 2.05) is 42.5 Å². The molecule has 0 aliphatic carbocycles. The molecule has 0 bridgehead atoms. The van der Waals surface area contributed by atoms with Gasteiger partial charge in [0.2, 0.25) is 5.13 Å². The van der Waals surface area contributed by atoms with E-state index < -0.39 is 8.07 Å². The van der Waals surface area contributed by atoms with E-state index in [0.717, 1.165) is 49.9 Å². The zero-order chi connectivity index (χ0) is 25.9. The predicted molar refractivity (Wildman–Crippen MR) is 148 cm³/mol. The van der Waals surface area contributed by atoms with Gasteiger partial charge in [0.1, 0.15) is 17.6 Å². The van der Waals surface area contributed by atoms with E-state index in [4.69, 9.17) is 14.5 Å². The van der Waals surface area contributed by atoms with Crippen LogP contribution < -0.4 is 4.90 Å². The van der Waals surface area contributed by atoms with Gasteiger partial charge in [-0.3, -0.25) is 14.6 Å². The van der Waals surface area contributed by atoms with Crippen molar-refractivity contribution < 1.29 is 9.47 Å². The van der Waals surface area contributed by atoms with Gasteiger partial charge in [0.15, 0.2) is 0 Å². The van der Waals surface area contributed by atoms with Gasteiger partial charge in [-0.05, 0) is 24.2 Å². The lowest BCUT2D eigenvalue weighted by atomic mass is 10.1. The predicted octanol–water partition coefficient (Wildman–Crippen LogP) is 5.60. The highest BCUT2D eigenvalue weighted by Gasteiger charge is 2.20. The van der Waals surface area contributed by atoms with Crippen LogP contribution in [0.4, 0.5) is 10.9 Å². The highest BCUT2D eigenvalue weighted by atomic mass is 32.1. The third-order valence-corrected chi connectivity index (χ3v) is 8.62. The topological polar surface area (TPSA) is 91.1 Å². The molecule has 0 unspecified atom stereocenters. The minimum Gasteiger partial charge on any atom is -0.378 e. The number of aromatic nitrogens is 6. The Morgan fingerprint density at radius 1 is 1.14 bits per heavy atom. The Bertz CT molecular complexity index is 1320. The van der Waals surface area contributed by atoms with Gasteiger partial charge in [0.05, 0.1) is 23.3 Å². The number of hydrogen-bond acceptors (Lipinski definition) is 9. The van der Waals surface area contributed by atoms with Crippen molar-refractivity contribution in [2.45, 2.75) is 52.1 Å².